The first kappa shape index (κ1) is 16.1. The molecule has 106 valence electrons. The Bertz CT molecular complexity index is 394. The zero-order chi connectivity index (χ0) is 14.3. The lowest BCUT2D eigenvalue weighted by molar-refractivity contribution is -0.124. The Morgan fingerprint density at radius 2 is 2.00 bits per heavy atom. The number of rotatable bonds is 8. The van der Waals surface area contributed by atoms with Crippen LogP contribution in [0.4, 0.5) is 0 Å². The fraction of sp³-hybridized carbons (Fsp3) is 0.533. The summed E-state index contributed by atoms with van der Waals surface area (Å²) in [6.07, 6.45) is 1.09. The van der Waals surface area contributed by atoms with E-state index in [1.54, 1.807) is 11.8 Å². The Hall–Kier alpha value is -1.00. The number of carbonyl (C=O) groups excluding carboxylic acids is 1. The minimum Gasteiger partial charge on any atom is -0.368 e. The zero-order valence-corrected chi connectivity index (χ0v) is 12.8. The van der Waals surface area contributed by atoms with Gasteiger partial charge in [0.1, 0.15) is 5.54 Å². The van der Waals surface area contributed by atoms with Crippen molar-refractivity contribution in [2.75, 3.05) is 11.5 Å². The predicted octanol–water partition coefficient (Wildman–Crippen LogP) is 2.51. The number of hydrogen-bond donors (Lipinski definition) is 2. The number of hydrogen-bond acceptors (Lipinski definition) is 3. The molecule has 1 amide bonds. The Kier molecular flexibility index (Phi) is 6.38. The fourth-order valence-electron chi connectivity index (χ4n) is 2.08. The van der Waals surface area contributed by atoms with Gasteiger partial charge in [-0.15, -0.1) is 0 Å². The molecule has 0 radical (unpaired) electrons. The molecule has 0 heterocycles. The van der Waals surface area contributed by atoms with Crippen LogP contribution >= 0.6 is 11.8 Å². The van der Waals surface area contributed by atoms with E-state index in [0.29, 0.717) is 5.75 Å². The first-order chi connectivity index (χ1) is 9.03. The van der Waals surface area contributed by atoms with Crippen molar-refractivity contribution < 1.29 is 4.79 Å². The lowest BCUT2D eigenvalue weighted by atomic mass is 9.90. The van der Waals surface area contributed by atoms with E-state index in [2.05, 4.69) is 12.2 Å². The molecular formula is C15H24N2OS. The molecule has 3 N–H and O–H groups in total. The molecular weight excluding hydrogens is 256 g/mol. The van der Waals surface area contributed by atoms with E-state index in [1.807, 2.05) is 44.2 Å². The molecule has 1 aromatic carbocycles. The number of primary amides is 1. The van der Waals surface area contributed by atoms with Crippen LogP contribution in [0.15, 0.2) is 30.3 Å². The van der Waals surface area contributed by atoms with Gasteiger partial charge in [0, 0.05) is 11.8 Å². The number of nitrogens with two attached hydrogens (primary N) is 1. The molecule has 4 heteroatoms. The van der Waals surface area contributed by atoms with E-state index < -0.39 is 5.54 Å². The van der Waals surface area contributed by atoms with Crippen molar-refractivity contribution in [3.05, 3.63) is 35.9 Å². The van der Waals surface area contributed by atoms with Gasteiger partial charge in [0.2, 0.25) is 5.91 Å². The average Bonchev–Trinajstić information content (AvgIpc) is 2.38. The molecule has 1 rings (SSSR count). The third-order valence-corrected chi connectivity index (χ3v) is 4.22. The largest absolute Gasteiger partial charge is 0.368 e. The molecule has 0 bridgehead atoms. The summed E-state index contributed by atoms with van der Waals surface area (Å²) >= 11 is 1.76. The van der Waals surface area contributed by atoms with Gasteiger partial charge in [-0.05, 0) is 31.6 Å². The summed E-state index contributed by atoms with van der Waals surface area (Å²) in [4.78, 5) is 12.1. The van der Waals surface area contributed by atoms with Crippen molar-refractivity contribution in [1.29, 1.82) is 0 Å². The summed E-state index contributed by atoms with van der Waals surface area (Å²) in [5, 5.41) is 3.37. The molecule has 0 aliphatic carbocycles. The van der Waals surface area contributed by atoms with Crippen molar-refractivity contribution >= 4 is 17.7 Å². The molecule has 1 aromatic rings. The second-order valence-corrected chi connectivity index (χ2v) is 6.09. The quantitative estimate of drug-likeness (QED) is 0.719. The standard InChI is InChI=1S/C15H24N2OS/c1-4-10-19-11-15(14(16)18,17-12(2)3)13-8-6-5-7-9-13/h5-9,12,17H,4,10-11H2,1-3H3,(H2,16,18). The van der Waals surface area contributed by atoms with Crippen molar-refractivity contribution in [2.24, 2.45) is 5.73 Å². The van der Waals surface area contributed by atoms with Crippen LogP contribution in [0.2, 0.25) is 0 Å². The highest BCUT2D eigenvalue weighted by Gasteiger charge is 2.38. The summed E-state index contributed by atoms with van der Waals surface area (Å²) in [5.41, 5.74) is 5.88. The topological polar surface area (TPSA) is 55.1 Å². The Labute approximate surface area is 120 Å². The average molecular weight is 280 g/mol. The molecule has 1 unspecified atom stereocenters. The van der Waals surface area contributed by atoms with Gasteiger partial charge in [-0.1, -0.05) is 37.3 Å². The van der Waals surface area contributed by atoms with E-state index in [1.165, 1.54) is 0 Å². The van der Waals surface area contributed by atoms with E-state index in [-0.39, 0.29) is 11.9 Å². The summed E-state index contributed by atoms with van der Waals surface area (Å²) in [5.74, 6) is 1.39. The maximum Gasteiger partial charge on any atom is 0.243 e. The maximum absolute atomic E-state index is 12.1. The van der Waals surface area contributed by atoms with Gasteiger partial charge in [0.05, 0.1) is 0 Å². The molecule has 0 aliphatic rings. The van der Waals surface area contributed by atoms with Gasteiger partial charge in [0.25, 0.3) is 0 Å². The molecule has 0 aromatic heterocycles. The van der Waals surface area contributed by atoms with Crippen molar-refractivity contribution in [2.45, 2.75) is 38.8 Å². The van der Waals surface area contributed by atoms with Crippen LogP contribution in [-0.4, -0.2) is 23.5 Å². The molecule has 0 saturated carbocycles. The third kappa shape index (κ3) is 4.25. The number of amides is 1. The van der Waals surface area contributed by atoms with Crippen LogP contribution in [0, 0.1) is 0 Å². The zero-order valence-electron chi connectivity index (χ0n) is 12.0. The van der Waals surface area contributed by atoms with Crippen molar-refractivity contribution in [3.8, 4) is 0 Å². The van der Waals surface area contributed by atoms with E-state index in [4.69, 9.17) is 5.73 Å². The fourth-order valence-corrected chi connectivity index (χ4v) is 3.21. The summed E-state index contributed by atoms with van der Waals surface area (Å²) < 4.78 is 0. The highest BCUT2D eigenvalue weighted by atomic mass is 32.2. The van der Waals surface area contributed by atoms with Gasteiger partial charge < -0.3 is 5.73 Å². The first-order valence-corrected chi connectivity index (χ1v) is 7.89. The van der Waals surface area contributed by atoms with Crippen LogP contribution in [0.25, 0.3) is 0 Å². The second kappa shape index (κ2) is 7.56. The van der Waals surface area contributed by atoms with Gasteiger partial charge in [-0.3, -0.25) is 10.1 Å². The Morgan fingerprint density at radius 3 is 2.47 bits per heavy atom. The minimum absolute atomic E-state index is 0.190. The second-order valence-electron chi connectivity index (χ2n) is 4.99. The summed E-state index contributed by atoms with van der Waals surface area (Å²) in [7, 11) is 0. The highest BCUT2D eigenvalue weighted by molar-refractivity contribution is 7.99. The first-order valence-electron chi connectivity index (χ1n) is 6.73. The van der Waals surface area contributed by atoms with E-state index in [9.17, 15) is 4.79 Å². The number of thioether (sulfide) groups is 1. The highest BCUT2D eigenvalue weighted by Crippen LogP contribution is 2.26. The molecule has 0 saturated heterocycles. The van der Waals surface area contributed by atoms with Crippen LogP contribution in [0.1, 0.15) is 32.8 Å². The Morgan fingerprint density at radius 1 is 1.37 bits per heavy atom. The SMILES string of the molecule is CCCSCC(NC(C)C)(C(N)=O)c1ccccc1. The lowest BCUT2D eigenvalue weighted by Gasteiger charge is -2.34. The van der Waals surface area contributed by atoms with Crippen LogP contribution in [-0.2, 0) is 10.3 Å². The van der Waals surface area contributed by atoms with E-state index in [0.717, 1.165) is 17.7 Å². The molecule has 0 spiro atoms. The molecule has 0 aliphatic heterocycles. The van der Waals surface area contributed by atoms with E-state index >= 15 is 0 Å². The van der Waals surface area contributed by atoms with Crippen LogP contribution in [0.3, 0.4) is 0 Å². The predicted molar refractivity (Wildman–Crippen MR) is 83.2 cm³/mol. The summed E-state index contributed by atoms with van der Waals surface area (Å²) in [6, 6.07) is 9.96. The number of benzene rings is 1. The monoisotopic (exact) mass is 280 g/mol. The maximum atomic E-state index is 12.1. The van der Waals surface area contributed by atoms with Crippen molar-refractivity contribution in [3.63, 3.8) is 0 Å². The van der Waals surface area contributed by atoms with Gasteiger partial charge in [-0.25, -0.2) is 0 Å². The summed E-state index contributed by atoms with van der Waals surface area (Å²) in [6.45, 7) is 6.20. The molecule has 1 atom stereocenters. The van der Waals surface area contributed by atoms with Crippen LogP contribution < -0.4 is 11.1 Å². The van der Waals surface area contributed by atoms with Crippen LogP contribution in [0.5, 0.6) is 0 Å². The Balaban J connectivity index is 3.08. The minimum atomic E-state index is -0.782. The number of nitrogens with one attached hydrogen (secondary N) is 1. The lowest BCUT2D eigenvalue weighted by Crippen LogP contribution is -2.56. The van der Waals surface area contributed by atoms with Crippen molar-refractivity contribution in [1.82, 2.24) is 5.32 Å². The molecule has 19 heavy (non-hydrogen) atoms. The molecule has 0 fully saturated rings. The molecule has 3 nitrogen and oxygen atoms in total. The van der Waals surface area contributed by atoms with Gasteiger partial charge in [0.15, 0.2) is 0 Å². The normalized spacial score (nSPS) is 14.3. The van der Waals surface area contributed by atoms with Gasteiger partial charge >= 0.3 is 0 Å². The number of carbonyl (C=O) groups is 1. The smallest absolute Gasteiger partial charge is 0.243 e. The van der Waals surface area contributed by atoms with Gasteiger partial charge in [-0.2, -0.15) is 11.8 Å². The third-order valence-electron chi connectivity index (χ3n) is 2.89.